The number of halogens is 1. The van der Waals surface area contributed by atoms with Gasteiger partial charge in [-0.1, -0.05) is 6.07 Å². The number of nitrogens with zero attached hydrogens (tertiary/aromatic N) is 2. The maximum Gasteiger partial charge on any atom is 0.337 e. The second-order valence-electron chi connectivity index (χ2n) is 4.91. The molecule has 0 aliphatic rings. The number of benzene rings is 2. The average Bonchev–Trinajstić information content (AvgIpc) is 2.61. The Balaban J connectivity index is 2.36. The van der Waals surface area contributed by atoms with Crippen LogP contribution in [0.15, 0.2) is 36.7 Å². The van der Waals surface area contributed by atoms with Gasteiger partial charge in [0.05, 0.1) is 25.3 Å². The second kappa shape index (κ2) is 6.11. The van der Waals surface area contributed by atoms with Crippen LogP contribution >= 0.6 is 0 Å². The molecule has 1 N–H and O–H groups in total. The number of fused-ring (bicyclic) bond motifs is 1. The summed E-state index contributed by atoms with van der Waals surface area (Å²) in [6, 6.07) is 5.80. The predicted molar refractivity (Wildman–Crippen MR) is 85.0 cm³/mol. The number of carboxylic acids is 1. The van der Waals surface area contributed by atoms with Gasteiger partial charge >= 0.3 is 5.97 Å². The van der Waals surface area contributed by atoms with E-state index in [1.165, 1.54) is 50.9 Å². The van der Waals surface area contributed by atoms with Gasteiger partial charge in [0, 0.05) is 29.6 Å². The highest BCUT2D eigenvalue weighted by molar-refractivity contribution is 6.05. The van der Waals surface area contributed by atoms with Crippen molar-refractivity contribution >= 4 is 17.0 Å². The summed E-state index contributed by atoms with van der Waals surface area (Å²) in [5, 5.41) is 9.28. The van der Waals surface area contributed by atoms with Crippen LogP contribution in [0, 0.1) is 5.82 Å². The van der Waals surface area contributed by atoms with Gasteiger partial charge in [-0.05, 0) is 12.1 Å². The number of rotatable bonds is 4. The molecule has 24 heavy (non-hydrogen) atoms. The molecule has 3 aromatic rings. The van der Waals surface area contributed by atoms with Gasteiger partial charge in [-0.25, -0.2) is 9.18 Å². The lowest BCUT2D eigenvalue weighted by Gasteiger charge is -2.12. The van der Waals surface area contributed by atoms with Crippen LogP contribution in [0.3, 0.4) is 0 Å². The van der Waals surface area contributed by atoms with Crippen molar-refractivity contribution < 1.29 is 23.8 Å². The van der Waals surface area contributed by atoms with Gasteiger partial charge in [-0.15, -0.1) is 0 Å². The first kappa shape index (κ1) is 15.7. The summed E-state index contributed by atoms with van der Waals surface area (Å²) in [5.41, 5.74) is 1.05. The lowest BCUT2D eigenvalue weighted by atomic mass is 10.00. The number of hydrogen-bond acceptors (Lipinski definition) is 5. The normalized spacial score (nSPS) is 10.6. The molecule has 122 valence electrons. The molecule has 2 aromatic carbocycles. The molecule has 0 bridgehead atoms. The third kappa shape index (κ3) is 2.50. The second-order valence-corrected chi connectivity index (χ2v) is 4.91. The number of methoxy groups -OCH3 is 2. The molecule has 0 radical (unpaired) electrons. The molecule has 0 unspecified atom stereocenters. The van der Waals surface area contributed by atoms with Crippen LogP contribution in [-0.4, -0.2) is 35.3 Å². The Bertz CT molecular complexity index is 943. The predicted octanol–water partition coefficient (Wildman–Crippen LogP) is 3.15. The zero-order chi connectivity index (χ0) is 17.3. The SMILES string of the molecule is COc1cc(OC)c(F)c(-c2ccc(C(=O)O)c3nccnc23)c1. The zero-order valence-corrected chi connectivity index (χ0v) is 12.9. The standard InChI is InChI=1S/C17H13FN2O4/c1-23-9-7-12(14(18)13(8-9)24-2)10-3-4-11(17(21)22)16-15(10)19-5-6-20-16/h3-8H,1-2H3,(H,21,22). The first-order chi connectivity index (χ1) is 11.6. The zero-order valence-electron chi connectivity index (χ0n) is 12.9. The van der Waals surface area contributed by atoms with Crippen LogP contribution in [-0.2, 0) is 0 Å². The van der Waals surface area contributed by atoms with E-state index in [0.29, 0.717) is 11.3 Å². The molecule has 6 nitrogen and oxygen atoms in total. The topological polar surface area (TPSA) is 81.5 Å². The number of ether oxygens (including phenoxy) is 2. The largest absolute Gasteiger partial charge is 0.497 e. The Morgan fingerprint density at radius 2 is 1.75 bits per heavy atom. The molecule has 0 atom stereocenters. The van der Waals surface area contributed by atoms with Crippen molar-refractivity contribution in [3.05, 3.63) is 48.0 Å². The molecule has 0 spiro atoms. The number of aromatic nitrogens is 2. The molecule has 7 heteroatoms. The Morgan fingerprint density at radius 1 is 1.04 bits per heavy atom. The van der Waals surface area contributed by atoms with E-state index >= 15 is 0 Å². The van der Waals surface area contributed by atoms with E-state index in [1.54, 1.807) is 0 Å². The highest BCUT2D eigenvalue weighted by atomic mass is 19.1. The highest BCUT2D eigenvalue weighted by Crippen LogP contribution is 2.37. The summed E-state index contributed by atoms with van der Waals surface area (Å²) < 4.78 is 24.9. The fraction of sp³-hybridized carbons (Fsp3) is 0.118. The van der Waals surface area contributed by atoms with Crippen molar-refractivity contribution in [2.24, 2.45) is 0 Å². The number of carbonyl (C=O) groups is 1. The molecule has 0 fully saturated rings. The van der Waals surface area contributed by atoms with E-state index in [1.807, 2.05) is 0 Å². The third-order valence-corrected chi connectivity index (χ3v) is 3.61. The minimum atomic E-state index is -1.13. The van der Waals surface area contributed by atoms with Gasteiger partial charge in [-0.2, -0.15) is 0 Å². The Morgan fingerprint density at radius 3 is 2.38 bits per heavy atom. The monoisotopic (exact) mass is 328 g/mol. The molecule has 0 aliphatic carbocycles. The maximum atomic E-state index is 14.7. The number of carboxylic acid groups (broad SMARTS) is 1. The fourth-order valence-electron chi connectivity index (χ4n) is 2.48. The van der Waals surface area contributed by atoms with E-state index < -0.39 is 11.8 Å². The molecular weight excluding hydrogens is 315 g/mol. The summed E-state index contributed by atoms with van der Waals surface area (Å²) in [5.74, 6) is -1.30. The van der Waals surface area contributed by atoms with Crippen LogP contribution in [0.4, 0.5) is 4.39 Å². The Kier molecular flexibility index (Phi) is 3.99. The van der Waals surface area contributed by atoms with E-state index in [4.69, 9.17) is 9.47 Å². The molecule has 0 aliphatic heterocycles. The van der Waals surface area contributed by atoms with Crippen LogP contribution in [0.25, 0.3) is 22.2 Å². The average molecular weight is 328 g/mol. The van der Waals surface area contributed by atoms with Gasteiger partial charge in [-0.3, -0.25) is 9.97 Å². The molecule has 0 saturated heterocycles. The Hall–Kier alpha value is -3.22. The van der Waals surface area contributed by atoms with Gasteiger partial charge in [0.2, 0.25) is 0 Å². The first-order valence-corrected chi connectivity index (χ1v) is 6.95. The molecule has 3 rings (SSSR count). The van der Waals surface area contributed by atoms with Crippen LogP contribution in [0.2, 0.25) is 0 Å². The first-order valence-electron chi connectivity index (χ1n) is 6.95. The van der Waals surface area contributed by atoms with E-state index in [9.17, 15) is 14.3 Å². The lowest BCUT2D eigenvalue weighted by molar-refractivity contribution is 0.0699. The summed E-state index contributed by atoms with van der Waals surface area (Å²) in [6.45, 7) is 0. The van der Waals surface area contributed by atoms with Crippen molar-refractivity contribution in [1.29, 1.82) is 0 Å². The summed E-state index contributed by atoms with van der Waals surface area (Å²) in [7, 11) is 2.81. The van der Waals surface area contributed by atoms with Crippen molar-refractivity contribution in [2.45, 2.75) is 0 Å². The smallest absolute Gasteiger partial charge is 0.337 e. The third-order valence-electron chi connectivity index (χ3n) is 3.61. The van der Waals surface area contributed by atoms with E-state index in [-0.39, 0.29) is 27.9 Å². The minimum Gasteiger partial charge on any atom is -0.497 e. The lowest BCUT2D eigenvalue weighted by Crippen LogP contribution is -2.01. The van der Waals surface area contributed by atoms with E-state index in [2.05, 4.69) is 9.97 Å². The van der Waals surface area contributed by atoms with Gasteiger partial charge in [0.1, 0.15) is 11.3 Å². The number of hydrogen-bond donors (Lipinski definition) is 1. The van der Waals surface area contributed by atoms with Crippen molar-refractivity contribution in [3.63, 3.8) is 0 Å². The van der Waals surface area contributed by atoms with Crippen LogP contribution in [0.5, 0.6) is 11.5 Å². The van der Waals surface area contributed by atoms with Crippen molar-refractivity contribution in [2.75, 3.05) is 14.2 Å². The summed E-state index contributed by atoms with van der Waals surface area (Å²) >= 11 is 0. The van der Waals surface area contributed by atoms with Gasteiger partial charge in [0.25, 0.3) is 0 Å². The minimum absolute atomic E-state index is 0.00267. The Labute approximate surface area is 136 Å². The molecule has 0 amide bonds. The van der Waals surface area contributed by atoms with Crippen molar-refractivity contribution in [1.82, 2.24) is 9.97 Å². The maximum absolute atomic E-state index is 14.7. The molecule has 1 aromatic heterocycles. The molecule has 0 saturated carbocycles. The fourth-order valence-corrected chi connectivity index (χ4v) is 2.48. The summed E-state index contributed by atoms with van der Waals surface area (Å²) in [4.78, 5) is 19.6. The number of aromatic carboxylic acids is 1. The molecule has 1 heterocycles. The van der Waals surface area contributed by atoms with E-state index in [0.717, 1.165) is 0 Å². The highest BCUT2D eigenvalue weighted by Gasteiger charge is 2.19. The summed E-state index contributed by atoms with van der Waals surface area (Å²) in [6.07, 6.45) is 2.81. The van der Waals surface area contributed by atoms with Gasteiger partial charge < -0.3 is 14.6 Å². The molecular formula is C17H13FN2O4. The van der Waals surface area contributed by atoms with Crippen LogP contribution < -0.4 is 9.47 Å². The van der Waals surface area contributed by atoms with Crippen LogP contribution in [0.1, 0.15) is 10.4 Å². The quantitative estimate of drug-likeness (QED) is 0.792. The van der Waals surface area contributed by atoms with Gasteiger partial charge in [0.15, 0.2) is 11.6 Å². The van der Waals surface area contributed by atoms with Crippen molar-refractivity contribution in [3.8, 4) is 22.6 Å².